The molecule has 2 bridgehead atoms. The summed E-state index contributed by atoms with van der Waals surface area (Å²) in [5.41, 5.74) is 0.543. The lowest BCUT2D eigenvalue weighted by molar-refractivity contribution is -0.155. The quantitative estimate of drug-likeness (QED) is 0.495. The summed E-state index contributed by atoms with van der Waals surface area (Å²) in [7, 11) is 1.40. The average molecular weight is 218 g/mol. The van der Waals surface area contributed by atoms with Crippen LogP contribution in [0.4, 0.5) is 0 Å². The number of methoxy groups -OCH3 is 1. The third kappa shape index (κ3) is 0.856. The number of carbonyl (C=O) groups excluding carboxylic acids is 2. The molecule has 0 aromatic rings. The Labute approximate surface area is 94.2 Å². The van der Waals surface area contributed by atoms with E-state index in [0.29, 0.717) is 0 Å². The van der Waals surface area contributed by atoms with E-state index in [1.54, 1.807) is 12.2 Å². The van der Waals surface area contributed by atoms with E-state index in [0.717, 1.165) is 6.42 Å². The van der Waals surface area contributed by atoms with Crippen molar-refractivity contribution in [1.82, 2.24) is 0 Å². The van der Waals surface area contributed by atoms with Gasteiger partial charge in [-0.1, -0.05) is 17.7 Å². The van der Waals surface area contributed by atoms with E-state index >= 15 is 0 Å². The standard InChI is InChI=1S/C13H14O3/c1-7-5-8-6-9(7)13(12(15)16-2)4-3-10(14)11(8)13/h3-5,8-9,11H,6H2,1-2H3/t8-,9-,11?,13-/m1/s1. The molecule has 0 amide bonds. The summed E-state index contributed by atoms with van der Waals surface area (Å²) in [6, 6.07) is 0. The highest BCUT2D eigenvalue weighted by Crippen LogP contribution is 2.62. The van der Waals surface area contributed by atoms with Gasteiger partial charge in [0.2, 0.25) is 0 Å². The van der Waals surface area contributed by atoms with Gasteiger partial charge in [-0.25, -0.2) is 0 Å². The summed E-state index contributed by atoms with van der Waals surface area (Å²) in [6.07, 6.45) is 6.42. The lowest BCUT2D eigenvalue weighted by Gasteiger charge is -2.34. The molecule has 4 atom stereocenters. The number of hydrogen-bond acceptors (Lipinski definition) is 3. The fraction of sp³-hybridized carbons (Fsp3) is 0.538. The second-order valence-electron chi connectivity index (χ2n) is 5.00. The maximum Gasteiger partial charge on any atom is 0.317 e. The summed E-state index contributed by atoms with van der Waals surface area (Å²) in [5, 5.41) is 0. The molecule has 3 nitrogen and oxygen atoms in total. The molecule has 0 aliphatic heterocycles. The van der Waals surface area contributed by atoms with Gasteiger partial charge in [0.05, 0.1) is 7.11 Å². The number of esters is 1. The number of ketones is 1. The molecule has 16 heavy (non-hydrogen) atoms. The van der Waals surface area contributed by atoms with Crippen molar-refractivity contribution < 1.29 is 14.3 Å². The van der Waals surface area contributed by atoms with Crippen molar-refractivity contribution in [2.45, 2.75) is 13.3 Å². The number of allylic oxidation sites excluding steroid dienone is 3. The molecule has 3 heteroatoms. The molecule has 0 aromatic heterocycles. The molecule has 0 aromatic carbocycles. The zero-order valence-corrected chi connectivity index (χ0v) is 9.40. The minimum absolute atomic E-state index is 0.0849. The van der Waals surface area contributed by atoms with E-state index in [4.69, 9.17) is 4.74 Å². The van der Waals surface area contributed by atoms with E-state index in [-0.39, 0.29) is 29.5 Å². The van der Waals surface area contributed by atoms with E-state index < -0.39 is 5.41 Å². The third-order valence-electron chi connectivity index (χ3n) is 4.42. The van der Waals surface area contributed by atoms with Crippen LogP contribution >= 0.6 is 0 Å². The Kier molecular flexibility index (Phi) is 1.74. The molecule has 3 rings (SSSR count). The van der Waals surface area contributed by atoms with Gasteiger partial charge in [0.1, 0.15) is 5.41 Å². The van der Waals surface area contributed by atoms with Gasteiger partial charge in [-0.15, -0.1) is 0 Å². The van der Waals surface area contributed by atoms with Gasteiger partial charge in [-0.2, -0.15) is 0 Å². The Morgan fingerprint density at radius 2 is 2.31 bits per heavy atom. The normalized spacial score (nSPS) is 43.5. The third-order valence-corrected chi connectivity index (χ3v) is 4.42. The van der Waals surface area contributed by atoms with E-state index in [1.165, 1.54) is 12.7 Å². The fourth-order valence-corrected chi connectivity index (χ4v) is 3.86. The van der Waals surface area contributed by atoms with Crippen molar-refractivity contribution >= 4 is 11.8 Å². The monoisotopic (exact) mass is 218 g/mol. The highest BCUT2D eigenvalue weighted by molar-refractivity contribution is 6.03. The van der Waals surface area contributed by atoms with Crippen LogP contribution < -0.4 is 0 Å². The summed E-state index contributed by atoms with van der Waals surface area (Å²) >= 11 is 0. The highest BCUT2D eigenvalue weighted by atomic mass is 16.5. The molecule has 84 valence electrons. The lowest BCUT2D eigenvalue weighted by atomic mass is 9.68. The molecule has 0 saturated heterocycles. The zero-order valence-electron chi connectivity index (χ0n) is 9.40. The lowest BCUT2D eigenvalue weighted by Crippen LogP contribution is -2.42. The molecule has 0 spiro atoms. The van der Waals surface area contributed by atoms with Crippen LogP contribution in [0.1, 0.15) is 13.3 Å². The number of carbonyl (C=O) groups is 2. The van der Waals surface area contributed by atoms with Crippen LogP contribution in [0.15, 0.2) is 23.8 Å². The molecule has 3 aliphatic carbocycles. The van der Waals surface area contributed by atoms with Gasteiger partial charge in [0, 0.05) is 11.8 Å². The first-order valence-electron chi connectivity index (χ1n) is 5.61. The van der Waals surface area contributed by atoms with Crippen molar-refractivity contribution in [1.29, 1.82) is 0 Å². The Hall–Kier alpha value is -1.38. The SMILES string of the molecule is COC(=O)[C@@]12C=CC(=O)C1[C@@H]1C=C(C)[C@H]2C1. The van der Waals surface area contributed by atoms with Gasteiger partial charge in [-0.05, 0) is 25.3 Å². The van der Waals surface area contributed by atoms with Crippen molar-refractivity contribution in [3.8, 4) is 0 Å². The fourth-order valence-electron chi connectivity index (χ4n) is 3.86. The smallest absolute Gasteiger partial charge is 0.317 e. The predicted octanol–water partition coefficient (Wildman–Crippen LogP) is 1.50. The Morgan fingerprint density at radius 3 is 3.00 bits per heavy atom. The molecule has 0 radical (unpaired) electrons. The van der Waals surface area contributed by atoms with Crippen LogP contribution in [0.25, 0.3) is 0 Å². The van der Waals surface area contributed by atoms with Crippen LogP contribution in [0.5, 0.6) is 0 Å². The van der Waals surface area contributed by atoms with Crippen molar-refractivity contribution in [3.63, 3.8) is 0 Å². The molecule has 3 aliphatic rings. The molecule has 1 saturated carbocycles. The zero-order chi connectivity index (χ0) is 11.5. The second-order valence-corrected chi connectivity index (χ2v) is 5.00. The Balaban J connectivity index is 2.15. The second kappa shape index (κ2) is 2.84. The molecule has 0 N–H and O–H groups in total. The van der Waals surface area contributed by atoms with Crippen LogP contribution in [0.3, 0.4) is 0 Å². The van der Waals surface area contributed by atoms with Crippen LogP contribution in [-0.2, 0) is 14.3 Å². The van der Waals surface area contributed by atoms with E-state index in [1.807, 2.05) is 6.92 Å². The molecular weight excluding hydrogens is 204 g/mol. The highest BCUT2D eigenvalue weighted by Gasteiger charge is 2.65. The number of hydrogen-bond donors (Lipinski definition) is 0. The minimum atomic E-state index is -0.685. The van der Waals surface area contributed by atoms with Gasteiger partial charge >= 0.3 is 5.97 Å². The molecule has 0 heterocycles. The maximum atomic E-state index is 12.0. The van der Waals surface area contributed by atoms with Gasteiger partial charge in [0.15, 0.2) is 5.78 Å². The maximum absolute atomic E-state index is 12.0. The first-order chi connectivity index (χ1) is 7.61. The number of ether oxygens (including phenoxy) is 1. The topological polar surface area (TPSA) is 43.4 Å². The van der Waals surface area contributed by atoms with E-state index in [9.17, 15) is 9.59 Å². The molecule has 1 fully saturated rings. The van der Waals surface area contributed by atoms with Crippen LogP contribution in [0, 0.1) is 23.2 Å². The van der Waals surface area contributed by atoms with Crippen molar-refractivity contribution in [2.75, 3.05) is 7.11 Å². The van der Waals surface area contributed by atoms with Gasteiger partial charge in [-0.3, -0.25) is 9.59 Å². The van der Waals surface area contributed by atoms with Crippen LogP contribution in [0.2, 0.25) is 0 Å². The largest absolute Gasteiger partial charge is 0.468 e. The van der Waals surface area contributed by atoms with E-state index in [2.05, 4.69) is 6.08 Å². The first-order valence-corrected chi connectivity index (χ1v) is 5.61. The van der Waals surface area contributed by atoms with Crippen molar-refractivity contribution in [2.24, 2.45) is 23.2 Å². The number of rotatable bonds is 1. The summed E-state index contributed by atoms with van der Waals surface area (Å²) < 4.78 is 4.92. The van der Waals surface area contributed by atoms with Crippen molar-refractivity contribution in [3.05, 3.63) is 23.8 Å². The molecule has 1 unspecified atom stereocenters. The summed E-state index contributed by atoms with van der Waals surface area (Å²) in [6.45, 7) is 2.04. The minimum Gasteiger partial charge on any atom is -0.468 e. The predicted molar refractivity (Wildman–Crippen MR) is 57.4 cm³/mol. The average Bonchev–Trinajstić information content (AvgIpc) is 2.88. The number of fused-ring (bicyclic) bond motifs is 5. The summed E-state index contributed by atoms with van der Waals surface area (Å²) in [4.78, 5) is 23.9. The van der Waals surface area contributed by atoms with Gasteiger partial charge in [0.25, 0.3) is 0 Å². The Bertz CT molecular complexity index is 446. The molecular formula is C13H14O3. The van der Waals surface area contributed by atoms with Crippen LogP contribution in [-0.4, -0.2) is 18.9 Å². The van der Waals surface area contributed by atoms with Gasteiger partial charge < -0.3 is 4.74 Å². The Morgan fingerprint density at radius 1 is 1.56 bits per heavy atom. The summed E-state index contributed by atoms with van der Waals surface area (Å²) in [5.74, 6) is 0.0269. The first kappa shape index (κ1) is 9.82.